The topological polar surface area (TPSA) is 34.1 Å². The third-order valence-corrected chi connectivity index (χ3v) is 5.82. The molecular formula is C11H10O2. The molecule has 0 aliphatic heterocycles. The minimum absolute atomic E-state index is 0.219. The maximum Gasteiger partial charge on any atom is 0.140 e. The molecule has 0 N–H and O–H groups in total. The average Bonchev–Trinajstić information content (AvgIpc) is 2.78. The summed E-state index contributed by atoms with van der Waals surface area (Å²) in [7, 11) is 0. The van der Waals surface area contributed by atoms with Gasteiger partial charge < -0.3 is 0 Å². The van der Waals surface area contributed by atoms with Crippen LogP contribution in [0, 0.1) is 47.3 Å². The van der Waals surface area contributed by atoms with Crippen LogP contribution in [0.1, 0.15) is 6.42 Å². The molecule has 6 aliphatic carbocycles. The summed E-state index contributed by atoms with van der Waals surface area (Å²) in [4.78, 5) is 23.8. The van der Waals surface area contributed by atoms with Crippen LogP contribution in [0.4, 0.5) is 0 Å². The van der Waals surface area contributed by atoms with Crippen LogP contribution in [-0.2, 0) is 9.59 Å². The Labute approximate surface area is 75.7 Å². The van der Waals surface area contributed by atoms with E-state index in [2.05, 4.69) is 0 Å². The summed E-state index contributed by atoms with van der Waals surface area (Å²) in [6.45, 7) is 0. The van der Waals surface area contributed by atoms with Crippen molar-refractivity contribution < 1.29 is 9.59 Å². The highest BCUT2D eigenvalue weighted by Crippen LogP contribution is 2.80. The molecule has 6 fully saturated rings. The summed E-state index contributed by atoms with van der Waals surface area (Å²) in [5.74, 6) is 4.49. The SMILES string of the molecule is O=C1C2C3CC4C5C(=O)C(C1C35)C42. The summed E-state index contributed by atoms with van der Waals surface area (Å²) in [6, 6.07) is 0. The minimum Gasteiger partial charge on any atom is -0.299 e. The van der Waals surface area contributed by atoms with Crippen LogP contribution in [0.25, 0.3) is 0 Å². The number of rotatable bonds is 0. The molecule has 0 amide bonds. The van der Waals surface area contributed by atoms with Crippen molar-refractivity contribution in [3.63, 3.8) is 0 Å². The monoisotopic (exact) mass is 174 g/mol. The average molecular weight is 174 g/mol. The third-order valence-electron chi connectivity index (χ3n) is 5.82. The lowest BCUT2D eigenvalue weighted by Crippen LogP contribution is -2.30. The van der Waals surface area contributed by atoms with Gasteiger partial charge in [-0.3, -0.25) is 9.59 Å². The van der Waals surface area contributed by atoms with Gasteiger partial charge in [-0.05, 0) is 30.1 Å². The largest absolute Gasteiger partial charge is 0.299 e. The molecule has 6 rings (SSSR count). The Kier molecular flexibility index (Phi) is 0.602. The molecule has 2 nitrogen and oxygen atoms in total. The second-order valence-electron chi connectivity index (χ2n) is 5.63. The van der Waals surface area contributed by atoms with Crippen molar-refractivity contribution >= 4 is 11.6 Å². The molecule has 0 saturated heterocycles. The zero-order valence-electron chi connectivity index (χ0n) is 7.14. The first kappa shape index (κ1) is 5.94. The maximum absolute atomic E-state index is 11.9. The van der Waals surface area contributed by atoms with Gasteiger partial charge in [-0.1, -0.05) is 0 Å². The zero-order valence-corrected chi connectivity index (χ0v) is 7.14. The van der Waals surface area contributed by atoms with Gasteiger partial charge in [0, 0.05) is 23.7 Å². The first-order valence-electron chi connectivity index (χ1n) is 5.38. The third kappa shape index (κ3) is 0.323. The zero-order chi connectivity index (χ0) is 8.48. The lowest BCUT2D eigenvalue weighted by molar-refractivity contribution is -0.125. The van der Waals surface area contributed by atoms with E-state index in [1.165, 1.54) is 6.42 Å². The molecule has 0 heterocycles. The van der Waals surface area contributed by atoms with Gasteiger partial charge in [-0.15, -0.1) is 0 Å². The minimum atomic E-state index is 0.219. The first-order chi connectivity index (χ1) is 6.30. The van der Waals surface area contributed by atoms with Gasteiger partial charge in [0.1, 0.15) is 11.6 Å². The second kappa shape index (κ2) is 1.32. The normalized spacial score (nSPS) is 74.2. The number of carbonyl (C=O) groups is 2. The van der Waals surface area contributed by atoms with Crippen LogP contribution in [0.3, 0.4) is 0 Å². The van der Waals surface area contributed by atoms with Crippen LogP contribution < -0.4 is 0 Å². The molecule has 8 atom stereocenters. The molecule has 0 aromatic carbocycles. The summed E-state index contributed by atoms with van der Waals surface area (Å²) in [5.41, 5.74) is 0. The first-order valence-corrected chi connectivity index (χ1v) is 5.38. The molecule has 6 aliphatic rings. The van der Waals surface area contributed by atoms with Crippen molar-refractivity contribution in [1.82, 2.24) is 0 Å². The second-order valence-corrected chi connectivity index (χ2v) is 5.63. The van der Waals surface area contributed by atoms with E-state index in [4.69, 9.17) is 0 Å². The molecule has 13 heavy (non-hydrogen) atoms. The van der Waals surface area contributed by atoms with Crippen molar-refractivity contribution in [3.05, 3.63) is 0 Å². The van der Waals surface area contributed by atoms with Crippen molar-refractivity contribution in [2.45, 2.75) is 6.42 Å². The van der Waals surface area contributed by atoms with Crippen molar-refractivity contribution in [2.75, 3.05) is 0 Å². The fraction of sp³-hybridized carbons (Fsp3) is 0.818. The molecule has 0 radical (unpaired) electrons. The van der Waals surface area contributed by atoms with Gasteiger partial charge in [0.2, 0.25) is 0 Å². The van der Waals surface area contributed by atoms with Gasteiger partial charge >= 0.3 is 0 Å². The summed E-state index contributed by atoms with van der Waals surface area (Å²) < 4.78 is 0. The summed E-state index contributed by atoms with van der Waals surface area (Å²) in [6.07, 6.45) is 1.22. The Morgan fingerprint density at radius 2 is 1.23 bits per heavy atom. The Morgan fingerprint density at radius 3 is 1.69 bits per heavy atom. The fourth-order valence-electron chi connectivity index (χ4n) is 5.94. The molecule has 8 unspecified atom stereocenters. The van der Waals surface area contributed by atoms with E-state index in [0.29, 0.717) is 47.1 Å². The summed E-state index contributed by atoms with van der Waals surface area (Å²) >= 11 is 0. The molecule has 0 aromatic heterocycles. The number of carbonyl (C=O) groups excluding carboxylic acids is 2. The van der Waals surface area contributed by atoms with E-state index < -0.39 is 0 Å². The predicted molar refractivity (Wildman–Crippen MR) is 42.6 cm³/mol. The van der Waals surface area contributed by atoms with Crippen molar-refractivity contribution in [2.24, 2.45) is 47.3 Å². The van der Waals surface area contributed by atoms with Crippen molar-refractivity contribution in [1.29, 1.82) is 0 Å². The fourth-order valence-corrected chi connectivity index (χ4v) is 5.94. The van der Waals surface area contributed by atoms with Gasteiger partial charge in [0.05, 0.1) is 0 Å². The number of Topliss-reactive ketones (excluding diaryl/α,β-unsaturated/α-hetero) is 2. The molecule has 6 bridgehead atoms. The molecule has 66 valence electrons. The van der Waals surface area contributed by atoms with E-state index in [0.717, 1.165) is 0 Å². The highest BCUT2D eigenvalue weighted by Gasteiger charge is 2.83. The molecular weight excluding hydrogens is 164 g/mol. The smallest absolute Gasteiger partial charge is 0.140 e. The van der Waals surface area contributed by atoms with Gasteiger partial charge in [-0.25, -0.2) is 0 Å². The number of hydrogen-bond donors (Lipinski definition) is 0. The number of ketones is 2. The number of hydrogen-bond acceptors (Lipinski definition) is 2. The standard InChI is InChI=1S/C11H10O2/c12-10-6-2-1-3-5(6)9-8(10)4(2)7(3)11(9)13/h2-9H,1H2. The van der Waals surface area contributed by atoms with Gasteiger partial charge in [0.25, 0.3) is 0 Å². The van der Waals surface area contributed by atoms with E-state index in [-0.39, 0.29) is 11.8 Å². The Morgan fingerprint density at radius 1 is 0.769 bits per heavy atom. The highest BCUT2D eigenvalue weighted by atomic mass is 16.1. The van der Waals surface area contributed by atoms with Crippen molar-refractivity contribution in [3.8, 4) is 0 Å². The van der Waals surface area contributed by atoms with Crippen LogP contribution in [0.2, 0.25) is 0 Å². The lowest BCUT2D eigenvalue weighted by atomic mass is 9.71. The van der Waals surface area contributed by atoms with E-state index in [1.807, 2.05) is 0 Å². The lowest BCUT2D eigenvalue weighted by Gasteiger charge is -2.30. The van der Waals surface area contributed by atoms with Crippen LogP contribution in [-0.4, -0.2) is 11.6 Å². The van der Waals surface area contributed by atoms with E-state index in [1.54, 1.807) is 0 Å². The Bertz CT molecular complexity index is 350. The molecule has 0 spiro atoms. The van der Waals surface area contributed by atoms with Crippen LogP contribution >= 0.6 is 0 Å². The Hall–Kier alpha value is -0.660. The van der Waals surface area contributed by atoms with E-state index in [9.17, 15) is 9.59 Å². The molecule has 0 aromatic rings. The molecule has 2 heteroatoms. The van der Waals surface area contributed by atoms with E-state index >= 15 is 0 Å². The van der Waals surface area contributed by atoms with Gasteiger partial charge in [-0.2, -0.15) is 0 Å². The predicted octanol–water partition coefficient (Wildman–Crippen LogP) is 0.512. The summed E-state index contributed by atoms with van der Waals surface area (Å²) in [5, 5.41) is 0. The highest BCUT2D eigenvalue weighted by molar-refractivity contribution is 6.05. The van der Waals surface area contributed by atoms with Crippen LogP contribution in [0.15, 0.2) is 0 Å². The Balaban J connectivity index is 1.95. The maximum atomic E-state index is 11.9. The quantitative estimate of drug-likeness (QED) is 0.536. The van der Waals surface area contributed by atoms with Gasteiger partial charge in [0.15, 0.2) is 0 Å². The molecule has 6 saturated carbocycles. The van der Waals surface area contributed by atoms with Crippen LogP contribution in [0.5, 0.6) is 0 Å².